The largest absolute Gasteiger partial charge is 0.507 e. The predicted octanol–water partition coefficient (Wildman–Crippen LogP) is 13.5. The molecule has 0 radical (unpaired) electrons. The summed E-state index contributed by atoms with van der Waals surface area (Å²) >= 11 is 0. The van der Waals surface area contributed by atoms with Crippen molar-refractivity contribution in [2.75, 3.05) is 0 Å². The van der Waals surface area contributed by atoms with E-state index in [1.807, 2.05) is 36.4 Å². The SMILES string of the molecule is CC(C)c1ccc(-c2ccc(-c3cc(-c4cccc5ccccc45)c4nc(-c5ccccc5N=Cc5cc(C(C)(C)C)ccc5O)oc4c3)cc2)cc1. The highest BCUT2D eigenvalue weighted by Crippen LogP contribution is 2.41. The molecule has 0 atom stereocenters. The monoisotopic (exact) mass is 690 g/mol. The third-order valence-electron chi connectivity index (χ3n) is 10.1. The maximum absolute atomic E-state index is 10.7. The Bertz CT molecular complexity index is 2620. The standard InChI is InChI=1S/C49H42N2O2/c1-31(2)32-17-19-33(20-18-32)34-21-23-35(24-22-34)37-28-43(41-15-10-12-36-11-6-7-13-40(36)41)47-46(29-37)53-48(51-47)42-14-8-9-16-44(42)50-30-38-27-39(49(3,4)5)25-26-45(38)52/h6-31,52H,1-5H3. The molecule has 4 heteroatoms. The zero-order chi connectivity index (χ0) is 36.7. The zero-order valence-electron chi connectivity index (χ0n) is 30.8. The smallest absolute Gasteiger partial charge is 0.229 e. The minimum Gasteiger partial charge on any atom is -0.507 e. The predicted molar refractivity (Wildman–Crippen MR) is 221 cm³/mol. The van der Waals surface area contributed by atoms with Crippen LogP contribution in [0.3, 0.4) is 0 Å². The van der Waals surface area contributed by atoms with Crippen molar-refractivity contribution in [3.05, 3.63) is 162 Å². The van der Waals surface area contributed by atoms with Gasteiger partial charge in [-0.3, -0.25) is 4.99 Å². The molecule has 0 aliphatic heterocycles. The Kier molecular flexibility index (Phi) is 8.75. The maximum atomic E-state index is 10.7. The molecule has 0 bridgehead atoms. The maximum Gasteiger partial charge on any atom is 0.229 e. The van der Waals surface area contributed by atoms with E-state index >= 15 is 0 Å². The van der Waals surface area contributed by atoms with E-state index in [-0.39, 0.29) is 11.2 Å². The highest BCUT2D eigenvalue weighted by molar-refractivity contribution is 6.05. The zero-order valence-corrected chi connectivity index (χ0v) is 30.8. The summed E-state index contributed by atoms with van der Waals surface area (Å²) < 4.78 is 6.66. The summed E-state index contributed by atoms with van der Waals surface area (Å²) in [6.07, 6.45) is 1.72. The number of benzene rings is 7. The Labute approximate surface area is 311 Å². The number of hydrogen-bond acceptors (Lipinski definition) is 4. The van der Waals surface area contributed by atoms with Gasteiger partial charge in [-0.1, -0.05) is 144 Å². The molecule has 0 saturated carbocycles. The summed E-state index contributed by atoms with van der Waals surface area (Å²) in [4.78, 5) is 10.0. The summed E-state index contributed by atoms with van der Waals surface area (Å²) in [6.45, 7) is 10.9. The topological polar surface area (TPSA) is 58.6 Å². The fourth-order valence-electron chi connectivity index (χ4n) is 6.92. The summed E-state index contributed by atoms with van der Waals surface area (Å²) in [5, 5.41) is 13.0. The summed E-state index contributed by atoms with van der Waals surface area (Å²) in [7, 11) is 0. The molecule has 0 spiro atoms. The molecule has 0 aliphatic rings. The van der Waals surface area contributed by atoms with Gasteiger partial charge in [-0.2, -0.15) is 0 Å². The molecule has 1 N–H and O–H groups in total. The van der Waals surface area contributed by atoms with Gasteiger partial charge in [-0.05, 0) is 97.4 Å². The highest BCUT2D eigenvalue weighted by Gasteiger charge is 2.19. The quantitative estimate of drug-likeness (QED) is 0.169. The first kappa shape index (κ1) is 33.9. The molecule has 0 saturated heterocycles. The van der Waals surface area contributed by atoms with Crippen LogP contribution in [0, 0.1) is 0 Å². The third-order valence-corrected chi connectivity index (χ3v) is 10.1. The Morgan fingerprint density at radius 3 is 2.02 bits per heavy atom. The lowest BCUT2D eigenvalue weighted by atomic mass is 9.86. The molecule has 0 fully saturated rings. The molecule has 1 aromatic heterocycles. The molecule has 4 nitrogen and oxygen atoms in total. The van der Waals surface area contributed by atoms with Crippen LogP contribution in [0.4, 0.5) is 5.69 Å². The summed E-state index contributed by atoms with van der Waals surface area (Å²) in [5.41, 5.74) is 12.6. The van der Waals surface area contributed by atoms with E-state index in [1.54, 1.807) is 12.3 Å². The van der Waals surface area contributed by atoms with Gasteiger partial charge >= 0.3 is 0 Å². The Balaban J connectivity index is 1.24. The molecule has 8 aromatic rings. The second-order valence-electron chi connectivity index (χ2n) is 15.1. The van der Waals surface area contributed by atoms with Crippen molar-refractivity contribution in [1.29, 1.82) is 0 Å². The van der Waals surface area contributed by atoms with Crippen molar-refractivity contribution in [2.45, 2.75) is 46.0 Å². The number of nitrogens with zero attached hydrogens (tertiary/aromatic N) is 2. The number of para-hydroxylation sites is 1. The van der Waals surface area contributed by atoms with Crippen molar-refractivity contribution >= 4 is 33.8 Å². The van der Waals surface area contributed by atoms with Gasteiger partial charge in [0.2, 0.25) is 5.89 Å². The van der Waals surface area contributed by atoms with E-state index in [1.165, 1.54) is 22.1 Å². The average molecular weight is 691 g/mol. The van der Waals surface area contributed by atoms with Crippen LogP contribution in [0.1, 0.15) is 57.2 Å². The lowest BCUT2D eigenvalue weighted by Gasteiger charge is -2.19. The first-order valence-electron chi connectivity index (χ1n) is 18.2. The van der Waals surface area contributed by atoms with E-state index < -0.39 is 0 Å². The average Bonchev–Trinajstić information content (AvgIpc) is 3.61. The molecule has 7 aromatic carbocycles. The molecule has 53 heavy (non-hydrogen) atoms. The Morgan fingerprint density at radius 1 is 0.642 bits per heavy atom. The van der Waals surface area contributed by atoms with Gasteiger partial charge in [-0.15, -0.1) is 0 Å². The third kappa shape index (κ3) is 6.76. The minimum atomic E-state index is -0.0608. The molecule has 0 amide bonds. The van der Waals surface area contributed by atoms with Gasteiger partial charge in [0.15, 0.2) is 5.58 Å². The van der Waals surface area contributed by atoms with E-state index in [0.717, 1.165) is 44.3 Å². The second kappa shape index (κ2) is 13.7. The second-order valence-corrected chi connectivity index (χ2v) is 15.1. The molecule has 8 rings (SSSR count). The normalized spacial score (nSPS) is 12.0. The van der Waals surface area contributed by atoms with Crippen LogP contribution in [-0.2, 0) is 5.41 Å². The van der Waals surface area contributed by atoms with Crippen LogP contribution >= 0.6 is 0 Å². The molecule has 260 valence electrons. The Morgan fingerprint density at radius 2 is 1.28 bits per heavy atom. The first-order valence-corrected chi connectivity index (χ1v) is 18.2. The Hall–Kier alpha value is -6.26. The van der Waals surface area contributed by atoms with Crippen LogP contribution in [0.2, 0.25) is 0 Å². The molecule has 0 aliphatic carbocycles. The highest BCUT2D eigenvalue weighted by atomic mass is 16.3. The van der Waals surface area contributed by atoms with Crippen LogP contribution in [0.25, 0.3) is 66.7 Å². The van der Waals surface area contributed by atoms with Crippen molar-refractivity contribution in [1.82, 2.24) is 4.98 Å². The first-order chi connectivity index (χ1) is 25.6. The van der Waals surface area contributed by atoms with Crippen molar-refractivity contribution in [3.63, 3.8) is 0 Å². The van der Waals surface area contributed by atoms with E-state index in [4.69, 9.17) is 14.4 Å². The number of hydrogen-bond donors (Lipinski definition) is 1. The lowest BCUT2D eigenvalue weighted by molar-refractivity contribution is 0.473. The van der Waals surface area contributed by atoms with Gasteiger partial charge in [0.25, 0.3) is 0 Å². The van der Waals surface area contributed by atoms with Crippen LogP contribution in [-0.4, -0.2) is 16.3 Å². The fraction of sp³-hybridized carbons (Fsp3) is 0.143. The van der Waals surface area contributed by atoms with Crippen molar-refractivity contribution in [2.24, 2.45) is 4.99 Å². The number of phenols is 1. The molecular formula is C49H42N2O2. The van der Waals surface area contributed by atoms with Crippen molar-refractivity contribution in [3.8, 4) is 50.6 Å². The van der Waals surface area contributed by atoms with E-state index in [2.05, 4.69) is 138 Å². The number of phenolic OH excluding ortho intramolecular Hbond substituents is 1. The van der Waals surface area contributed by atoms with Crippen molar-refractivity contribution < 1.29 is 9.52 Å². The molecule has 0 unspecified atom stereocenters. The van der Waals surface area contributed by atoms with Crippen LogP contribution in [0.15, 0.2) is 155 Å². The number of aromatic nitrogens is 1. The van der Waals surface area contributed by atoms with Crippen LogP contribution in [0.5, 0.6) is 5.75 Å². The molecular weight excluding hydrogens is 649 g/mol. The minimum absolute atomic E-state index is 0.0608. The van der Waals surface area contributed by atoms with Gasteiger partial charge in [0.1, 0.15) is 11.3 Å². The van der Waals surface area contributed by atoms with Gasteiger partial charge in [-0.25, -0.2) is 4.98 Å². The lowest BCUT2D eigenvalue weighted by Crippen LogP contribution is -2.11. The summed E-state index contributed by atoms with van der Waals surface area (Å²) in [5.74, 6) is 1.17. The number of oxazole rings is 1. The number of rotatable bonds is 7. The fourth-order valence-corrected chi connectivity index (χ4v) is 6.92. The van der Waals surface area contributed by atoms with E-state index in [9.17, 15) is 5.11 Å². The number of fused-ring (bicyclic) bond motifs is 2. The van der Waals surface area contributed by atoms with E-state index in [0.29, 0.717) is 28.6 Å². The van der Waals surface area contributed by atoms with Crippen LogP contribution < -0.4 is 0 Å². The van der Waals surface area contributed by atoms with Gasteiger partial charge in [0, 0.05) is 17.3 Å². The van der Waals surface area contributed by atoms with Gasteiger partial charge in [0.05, 0.1) is 11.3 Å². The number of aliphatic imine (C=N–C) groups is 1. The number of aromatic hydroxyl groups is 1. The van der Waals surface area contributed by atoms with Gasteiger partial charge < -0.3 is 9.52 Å². The molecule has 1 heterocycles. The summed E-state index contributed by atoms with van der Waals surface area (Å²) in [6, 6.07) is 50.3.